The molecular weight excluding hydrogens is 246 g/mol. The lowest BCUT2D eigenvalue weighted by atomic mass is 9.70. The fraction of sp³-hybridized carbons (Fsp3) is 0.667. The number of hydrogen-bond acceptors (Lipinski definition) is 2. The molecule has 0 radical (unpaired) electrons. The minimum absolute atomic E-state index is 0.331. The summed E-state index contributed by atoms with van der Waals surface area (Å²) in [6, 6.07) is 9.25. The van der Waals surface area contributed by atoms with E-state index in [-0.39, 0.29) is 0 Å². The van der Waals surface area contributed by atoms with Crippen molar-refractivity contribution in [2.24, 2.45) is 11.3 Å². The maximum absolute atomic E-state index is 5.48. The minimum atomic E-state index is 0.331. The van der Waals surface area contributed by atoms with Crippen molar-refractivity contribution in [2.45, 2.75) is 59.0 Å². The molecule has 112 valence electrons. The Hall–Kier alpha value is -1.02. The van der Waals surface area contributed by atoms with E-state index in [4.69, 9.17) is 4.74 Å². The van der Waals surface area contributed by atoms with Crippen LogP contribution < -0.4 is 10.1 Å². The Morgan fingerprint density at radius 1 is 1.25 bits per heavy atom. The second-order valence-corrected chi connectivity index (χ2v) is 7.24. The lowest BCUT2D eigenvalue weighted by Gasteiger charge is -2.40. The molecule has 0 spiro atoms. The zero-order valence-corrected chi connectivity index (χ0v) is 13.6. The topological polar surface area (TPSA) is 21.3 Å². The van der Waals surface area contributed by atoms with Gasteiger partial charge in [0, 0.05) is 17.6 Å². The van der Waals surface area contributed by atoms with E-state index in [1.807, 2.05) is 12.1 Å². The Balaban J connectivity index is 2.05. The van der Waals surface area contributed by atoms with Gasteiger partial charge >= 0.3 is 0 Å². The second kappa shape index (κ2) is 6.17. The summed E-state index contributed by atoms with van der Waals surface area (Å²) in [5.41, 5.74) is 1.71. The molecule has 3 atom stereocenters. The van der Waals surface area contributed by atoms with Crippen LogP contribution in [-0.4, -0.2) is 13.2 Å². The second-order valence-electron chi connectivity index (χ2n) is 7.24. The third kappa shape index (κ3) is 3.76. The normalized spacial score (nSPS) is 27.1. The Morgan fingerprint density at radius 2 is 1.95 bits per heavy atom. The van der Waals surface area contributed by atoms with Gasteiger partial charge in [-0.15, -0.1) is 0 Å². The van der Waals surface area contributed by atoms with Crippen molar-refractivity contribution < 1.29 is 4.74 Å². The van der Waals surface area contributed by atoms with Gasteiger partial charge in [0.25, 0.3) is 0 Å². The number of hydrogen-bond donors (Lipinski definition) is 1. The highest BCUT2D eigenvalue weighted by molar-refractivity contribution is 5.35. The van der Waals surface area contributed by atoms with Crippen LogP contribution in [0.15, 0.2) is 24.3 Å². The summed E-state index contributed by atoms with van der Waals surface area (Å²) >= 11 is 0. The molecule has 1 aliphatic rings. The first-order chi connectivity index (χ1) is 9.41. The molecule has 2 heteroatoms. The Bertz CT molecular complexity index is 441. The summed E-state index contributed by atoms with van der Waals surface area (Å²) in [6.45, 7) is 9.41. The Labute approximate surface area is 123 Å². The summed E-state index contributed by atoms with van der Waals surface area (Å²) in [6.07, 6.45) is 3.88. The van der Waals surface area contributed by atoms with E-state index < -0.39 is 0 Å². The zero-order valence-electron chi connectivity index (χ0n) is 13.6. The van der Waals surface area contributed by atoms with Gasteiger partial charge in [-0.1, -0.05) is 39.0 Å². The Kier molecular flexibility index (Phi) is 4.74. The van der Waals surface area contributed by atoms with E-state index in [9.17, 15) is 0 Å². The zero-order chi connectivity index (χ0) is 14.8. The van der Waals surface area contributed by atoms with Gasteiger partial charge in [-0.2, -0.15) is 0 Å². The molecule has 20 heavy (non-hydrogen) atoms. The summed E-state index contributed by atoms with van der Waals surface area (Å²) in [5.74, 6) is 1.79. The van der Waals surface area contributed by atoms with E-state index in [2.05, 4.69) is 45.1 Å². The molecule has 2 nitrogen and oxygen atoms in total. The van der Waals surface area contributed by atoms with Gasteiger partial charge in [-0.3, -0.25) is 0 Å². The minimum Gasteiger partial charge on any atom is -0.496 e. The summed E-state index contributed by atoms with van der Waals surface area (Å²) in [7, 11) is 1.75. The lowest BCUT2D eigenvalue weighted by molar-refractivity contribution is 0.145. The number of ether oxygens (including phenoxy) is 1. The van der Waals surface area contributed by atoms with Crippen LogP contribution in [0.1, 0.15) is 58.6 Å². The molecular formula is C18H29NO. The number of methoxy groups -OCH3 is 1. The molecule has 0 aromatic heterocycles. The highest BCUT2D eigenvalue weighted by Crippen LogP contribution is 2.39. The van der Waals surface area contributed by atoms with Crippen molar-refractivity contribution in [1.29, 1.82) is 0 Å². The van der Waals surface area contributed by atoms with Gasteiger partial charge < -0.3 is 10.1 Å². The number of nitrogens with one attached hydrogen (secondary N) is 1. The van der Waals surface area contributed by atoms with E-state index in [0.29, 0.717) is 17.5 Å². The van der Waals surface area contributed by atoms with Crippen molar-refractivity contribution in [3.63, 3.8) is 0 Å². The van der Waals surface area contributed by atoms with Crippen LogP contribution in [-0.2, 0) is 0 Å². The molecule has 1 N–H and O–H groups in total. The number of rotatable bonds is 4. The number of para-hydroxylation sites is 1. The molecule has 0 bridgehead atoms. The van der Waals surface area contributed by atoms with Crippen LogP contribution in [0.25, 0.3) is 0 Å². The smallest absolute Gasteiger partial charge is 0.123 e. The fourth-order valence-corrected chi connectivity index (χ4v) is 3.94. The van der Waals surface area contributed by atoms with Crippen molar-refractivity contribution in [2.75, 3.05) is 7.11 Å². The molecule has 1 aliphatic carbocycles. The van der Waals surface area contributed by atoms with Gasteiger partial charge in [0.05, 0.1) is 7.11 Å². The maximum Gasteiger partial charge on any atom is 0.123 e. The van der Waals surface area contributed by atoms with Crippen LogP contribution in [0.4, 0.5) is 0 Å². The quantitative estimate of drug-likeness (QED) is 0.869. The molecule has 1 saturated carbocycles. The van der Waals surface area contributed by atoms with Crippen molar-refractivity contribution >= 4 is 0 Å². The van der Waals surface area contributed by atoms with Crippen LogP contribution in [0.2, 0.25) is 0 Å². The molecule has 0 aliphatic heterocycles. The van der Waals surface area contributed by atoms with E-state index in [1.54, 1.807) is 7.11 Å². The van der Waals surface area contributed by atoms with Gasteiger partial charge in [0.2, 0.25) is 0 Å². The first kappa shape index (κ1) is 15.4. The van der Waals surface area contributed by atoms with Crippen molar-refractivity contribution in [3.05, 3.63) is 29.8 Å². The average molecular weight is 275 g/mol. The number of benzene rings is 1. The van der Waals surface area contributed by atoms with Crippen LogP contribution >= 0.6 is 0 Å². The van der Waals surface area contributed by atoms with Gasteiger partial charge in [-0.25, -0.2) is 0 Å². The summed E-state index contributed by atoms with van der Waals surface area (Å²) in [4.78, 5) is 0. The monoisotopic (exact) mass is 275 g/mol. The first-order valence-corrected chi connectivity index (χ1v) is 7.80. The van der Waals surface area contributed by atoms with E-state index in [1.165, 1.54) is 24.8 Å². The highest BCUT2D eigenvalue weighted by Gasteiger charge is 2.32. The third-order valence-corrected chi connectivity index (χ3v) is 4.48. The molecule has 0 heterocycles. The van der Waals surface area contributed by atoms with Gasteiger partial charge in [0.1, 0.15) is 5.75 Å². The molecule has 0 amide bonds. The van der Waals surface area contributed by atoms with Crippen molar-refractivity contribution in [3.8, 4) is 5.75 Å². The van der Waals surface area contributed by atoms with Gasteiger partial charge in [0.15, 0.2) is 0 Å². The van der Waals surface area contributed by atoms with Crippen LogP contribution in [0, 0.1) is 11.3 Å². The van der Waals surface area contributed by atoms with Crippen molar-refractivity contribution in [1.82, 2.24) is 5.32 Å². The molecule has 1 aromatic carbocycles. The van der Waals surface area contributed by atoms with Gasteiger partial charge in [-0.05, 0) is 43.6 Å². The molecule has 1 aromatic rings. The molecule has 2 rings (SSSR count). The summed E-state index contributed by atoms with van der Waals surface area (Å²) in [5, 5.41) is 3.82. The fourth-order valence-electron chi connectivity index (χ4n) is 3.94. The first-order valence-electron chi connectivity index (χ1n) is 7.80. The standard InChI is InChI=1S/C18H29NO/c1-13-10-15(12-18(3,4)11-13)19-14(2)16-8-6-7-9-17(16)20-5/h6-9,13-15,19H,10-12H2,1-5H3. The average Bonchev–Trinajstić information content (AvgIpc) is 2.36. The third-order valence-electron chi connectivity index (χ3n) is 4.48. The highest BCUT2D eigenvalue weighted by atomic mass is 16.5. The van der Waals surface area contributed by atoms with Crippen LogP contribution in [0.3, 0.4) is 0 Å². The summed E-state index contributed by atoms with van der Waals surface area (Å²) < 4.78 is 5.48. The lowest BCUT2D eigenvalue weighted by Crippen LogP contribution is -2.41. The molecule has 0 saturated heterocycles. The largest absolute Gasteiger partial charge is 0.496 e. The predicted molar refractivity (Wildman–Crippen MR) is 85.1 cm³/mol. The maximum atomic E-state index is 5.48. The SMILES string of the molecule is COc1ccccc1C(C)NC1CC(C)CC(C)(C)C1. The van der Waals surface area contributed by atoms with E-state index in [0.717, 1.165) is 11.7 Å². The molecule has 3 unspecified atom stereocenters. The van der Waals surface area contributed by atoms with E-state index >= 15 is 0 Å². The predicted octanol–water partition coefficient (Wildman–Crippen LogP) is 4.56. The Morgan fingerprint density at radius 3 is 2.60 bits per heavy atom. The molecule has 1 fully saturated rings. The van der Waals surface area contributed by atoms with Crippen LogP contribution in [0.5, 0.6) is 5.75 Å².